The molecular weight excluding hydrogens is 250 g/mol. The van der Waals surface area contributed by atoms with Crippen LogP contribution in [0.2, 0.25) is 0 Å². The molecule has 18 heavy (non-hydrogen) atoms. The Labute approximate surface area is 108 Å². The van der Waals surface area contributed by atoms with Gasteiger partial charge in [-0.1, -0.05) is 0 Å². The summed E-state index contributed by atoms with van der Waals surface area (Å²) in [5.74, 6) is 0.509. The third kappa shape index (κ3) is 2.31. The second-order valence-corrected chi connectivity index (χ2v) is 7.33. The molecule has 0 amide bonds. The molecule has 2 heterocycles. The highest BCUT2D eigenvalue weighted by atomic mass is 32.2. The molecule has 102 valence electrons. The first kappa shape index (κ1) is 13.5. The molecule has 1 aliphatic rings. The van der Waals surface area contributed by atoms with Crippen LogP contribution >= 0.6 is 0 Å². The molecule has 0 bridgehead atoms. The number of hydrogen-bond donors (Lipinski definition) is 1. The second kappa shape index (κ2) is 4.66. The standard InChI is InChI=1S/C12H21N3O2S/c1-8(13-4)12-9(2)14-15(10(12)3)11-5-6-18(16,17)7-11/h8,11,13H,5-7H2,1-4H3. The highest BCUT2D eigenvalue weighted by Gasteiger charge is 2.31. The van der Waals surface area contributed by atoms with E-state index in [-0.39, 0.29) is 23.6 Å². The summed E-state index contributed by atoms with van der Waals surface area (Å²) in [5.41, 5.74) is 3.25. The molecule has 0 spiro atoms. The van der Waals surface area contributed by atoms with Crippen LogP contribution in [-0.4, -0.2) is 36.8 Å². The third-order valence-corrected chi connectivity index (χ3v) is 5.55. The fourth-order valence-electron chi connectivity index (χ4n) is 2.77. The number of sulfone groups is 1. The van der Waals surface area contributed by atoms with Crippen LogP contribution in [0.5, 0.6) is 0 Å². The molecule has 0 aromatic carbocycles. The molecule has 1 N–H and O–H groups in total. The van der Waals surface area contributed by atoms with Crippen LogP contribution in [0.25, 0.3) is 0 Å². The van der Waals surface area contributed by atoms with Gasteiger partial charge in [0.2, 0.25) is 0 Å². The molecule has 1 fully saturated rings. The largest absolute Gasteiger partial charge is 0.313 e. The molecule has 1 aromatic heterocycles. The van der Waals surface area contributed by atoms with E-state index in [4.69, 9.17) is 0 Å². The summed E-state index contributed by atoms with van der Waals surface area (Å²) in [4.78, 5) is 0. The van der Waals surface area contributed by atoms with E-state index in [0.29, 0.717) is 6.42 Å². The van der Waals surface area contributed by atoms with Crippen molar-refractivity contribution >= 4 is 9.84 Å². The van der Waals surface area contributed by atoms with Crippen LogP contribution in [0, 0.1) is 13.8 Å². The van der Waals surface area contributed by atoms with E-state index in [1.165, 1.54) is 5.56 Å². The molecule has 0 aliphatic carbocycles. The topological polar surface area (TPSA) is 64.0 Å². The Morgan fingerprint density at radius 3 is 2.61 bits per heavy atom. The average Bonchev–Trinajstić information content (AvgIpc) is 2.78. The Morgan fingerprint density at radius 1 is 1.44 bits per heavy atom. The smallest absolute Gasteiger partial charge is 0.152 e. The highest BCUT2D eigenvalue weighted by Crippen LogP contribution is 2.29. The number of aromatic nitrogens is 2. The zero-order valence-corrected chi connectivity index (χ0v) is 12.2. The maximum atomic E-state index is 11.6. The van der Waals surface area contributed by atoms with Crippen LogP contribution in [0.3, 0.4) is 0 Å². The maximum absolute atomic E-state index is 11.6. The molecule has 2 rings (SSSR count). The fraction of sp³-hybridized carbons (Fsp3) is 0.750. The summed E-state index contributed by atoms with van der Waals surface area (Å²) in [7, 11) is -0.949. The van der Waals surface area contributed by atoms with Crippen molar-refractivity contribution in [3.05, 3.63) is 17.0 Å². The molecule has 1 aliphatic heterocycles. The minimum Gasteiger partial charge on any atom is -0.313 e. The zero-order valence-electron chi connectivity index (χ0n) is 11.4. The number of nitrogens with zero attached hydrogens (tertiary/aromatic N) is 2. The minimum atomic E-state index is -2.87. The van der Waals surface area contributed by atoms with Crippen molar-refractivity contribution < 1.29 is 8.42 Å². The van der Waals surface area contributed by atoms with Gasteiger partial charge in [-0.2, -0.15) is 5.10 Å². The van der Waals surface area contributed by atoms with Gasteiger partial charge in [0.25, 0.3) is 0 Å². The fourth-order valence-corrected chi connectivity index (χ4v) is 4.46. The lowest BCUT2D eigenvalue weighted by molar-refractivity contribution is 0.484. The predicted octanol–water partition coefficient (Wildman–Crippen LogP) is 1.14. The van der Waals surface area contributed by atoms with Crippen LogP contribution in [0.1, 0.15) is 42.4 Å². The van der Waals surface area contributed by atoms with Crippen molar-refractivity contribution in [2.75, 3.05) is 18.6 Å². The Hall–Kier alpha value is -0.880. The third-order valence-electron chi connectivity index (χ3n) is 3.80. The van der Waals surface area contributed by atoms with Crippen molar-refractivity contribution in [2.24, 2.45) is 0 Å². The lowest BCUT2D eigenvalue weighted by Gasteiger charge is -2.14. The lowest BCUT2D eigenvalue weighted by Crippen LogP contribution is -2.16. The van der Waals surface area contributed by atoms with Gasteiger partial charge in [0, 0.05) is 17.3 Å². The van der Waals surface area contributed by atoms with Gasteiger partial charge in [-0.3, -0.25) is 4.68 Å². The molecular formula is C12H21N3O2S. The summed E-state index contributed by atoms with van der Waals surface area (Å²) >= 11 is 0. The Morgan fingerprint density at radius 2 is 2.11 bits per heavy atom. The van der Waals surface area contributed by atoms with Gasteiger partial charge in [-0.15, -0.1) is 0 Å². The predicted molar refractivity (Wildman–Crippen MR) is 71.5 cm³/mol. The quantitative estimate of drug-likeness (QED) is 0.895. The summed E-state index contributed by atoms with van der Waals surface area (Å²) < 4.78 is 25.0. The molecule has 0 saturated carbocycles. The van der Waals surface area contributed by atoms with E-state index in [0.717, 1.165) is 11.4 Å². The van der Waals surface area contributed by atoms with E-state index in [2.05, 4.69) is 17.3 Å². The van der Waals surface area contributed by atoms with Crippen molar-refractivity contribution in [1.82, 2.24) is 15.1 Å². The van der Waals surface area contributed by atoms with E-state index >= 15 is 0 Å². The summed E-state index contributed by atoms with van der Waals surface area (Å²) in [5, 5.41) is 7.75. The van der Waals surface area contributed by atoms with Gasteiger partial charge in [-0.05, 0) is 34.2 Å². The van der Waals surface area contributed by atoms with Crippen LogP contribution in [0.15, 0.2) is 0 Å². The Bertz CT molecular complexity index is 548. The van der Waals surface area contributed by atoms with Crippen LogP contribution in [-0.2, 0) is 9.84 Å². The molecule has 2 unspecified atom stereocenters. The number of hydrogen-bond acceptors (Lipinski definition) is 4. The molecule has 1 aromatic rings. The van der Waals surface area contributed by atoms with Gasteiger partial charge in [0.15, 0.2) is 9.84 Å². The van der Waals surface area contributed by atoms with Crippen molar-refractivity contribution in [1.29, 1.82) is 0 Å². The molecule has 6 heteroatoms. The van der Waals surface area contributed by atoms with Gasteiger partial charge < -0.3 is 5.32 Å². The SMILES string of the molecule is CNC(C)c1c(C)nn(C2CCS(=O)(=O)C2)c1C. The summed E-state index contributed by atoms with van der Waals surface area (Å²) in [6.45, 7) is 6.09. The molecule has 0 radical (unpaired) electrons. The normalized spacial score (nSPS) is 24.3. The van der Waals surface area contributed by atoms with Crippen molar-refractivity contribution in [2.45, 2.75) is 39.3 Å². The zero-order chi connectivity index (χ0) is 13.5. The van der Waals surface area contributed by atoms with Gasteiger partial charge in [0.1, 0.15) is 0 Å². The lowest BCUT2D eigenvalue weighted by atomic mass is 10.1. The van der Waals surface area contributed by atoms with E-state index in [1.807, 2.05) is 25.6 Å². The first-order valence-electron chi connectivity index (χ1n) is 6.29. The van der Waals surface area contributed by atoms with E-state index in [9.17, 15) is 8.42 Å². The van der Waals surface area contributed by atoms with Gasteiger partial charge in [-0.25, -0.2) is 8.42 Å². The molecule has 2 atom stereocenters. The Balaban J connectivity index is 2.36. The van der Waals surface area contributed by atoms with E-state index in [1.54, 1.807) is 0 Å². The highest BCUT2D eigenvalue weighted by molar-refractivity contribution is 7.91. The van der Waals surface area contributed by atoms with Crippen molar-refractivity contribution in [3.63, 3.8) is 0 Å². The second-order valence-electron chi connectivity index (χ2n) is 5.10. The summed E-state index contributed by atoms with van der Waals surface area (Å²) in [6.07, 6.45) is 0.678. The van der Waals surface area contributed by atoms with Gasteiger partial charge >= 0.3 is 0 Å². The number of aryl methyl sites for hydroxylation is 1. The molecule has 5 nitrogen and oxygen atoms in total. The maximum Gasteiger partial charge on any atom is 0.152 e. The van der Waals surface area contributed by atoms with Crippen LogP contribution < -0.4 is 5.32 Å². The minimum absolute atomic E-state index is 0.00602. The van der Waals surface area contributed by atoms with Gasteiger partial charge in [0.05, 0.1) is 23.2 Å². The first-order chi connectivity index (χ1) is 8.35. The number of nitrogens with one attached hydrogen (secondary N) is 1. The van der Waals surface area contributed by atoms with E-state index < -0.39 is 9.84 Å². The Kier molecular flexibility index (Phi) is 3.51. The molecule has 1 saturated heterocycles. The van der Waals surface area contributed by atoms with Crippen LogP contribution in [0.4, 0.5) is 0 Å². The number of rotatable bonds is 3. The van der Waals surface area contributed by atoms with Crippen molar-refractivity contribution in [3.8, 4) is 0 Å². The summed E-state index contributed by atoms with van der Waals surface area (Å²) in [6, 6.07) is 0.239. The average molecular weight is 271 g/mol. The first-order valence-corrected chi connectivity index (χ1v) is 8.11. The monoisotopic (exact) mass is 271 g/mol.